The number of esters is 2. The lowest BCUT2D eigenvalue weighted by molar-refractivity contribution is -0.182. The predicted molar refractivity (Wildman–Crippen MR) is 156 cm³/mol. The van der Waals surface area contributed by atoms with E-state index in [9.17, 15) is 37.5 Å². The third-order valence-corrected chi connectivity index (χ3v) is 7.22. The zero-order chi connectivity index (χ0) is 33.3. The van der Waals surface area contributed by atoms with Crippen molar-refractivity contribution >= 4 is 29.8 Å². The molecule has 11 nitrogen and oxygen atoms in total. The van der Waals surface area contributed by atoms with Crippen LogP contribution in [0.15, 0.2) is 72.3 Å². The molecule has 0 radical (unpaired) electrons. The Kier molecular flexibility index (Phi) is 11.7. The molecule has 2 amide bonds. The van der Waals surface area contributed by atoms with Crippen molar-refractivity contribution < 1.29 is 56.4 Å². The van der Waals surface area contributed by atoms with Crippen LogP contribution in [0.1, 0.15) is 27.9 Å². The van der Waals surface area contributed by atoms with Crippen LogP contribution in [0.5, 0.6) is 0 Å². The number of carbonyl (C=O) groups excluding carboxylic acids is 4. The first-order valence-electron chi connectivity index (χ1n) is 14.3. The first-order valence-corrected chi connectivity index (χ1v) is 14.3. The number of fused-ring (bicyclic) bond motifs is 1. The topological polar surface area (TPSA) is 141 Å². The van der Waals surface area contributed by atoms with E-state index >= 15 is 0 Å². The second-order valence-electron chi connectivity index (χ2n) is 10.5. The number of hydrogen-bond donors (Lipinski definition) is 2. The molecule has 246 valence electrons. The van der Waals surface area contributed by atoms with E-state index in [0.29, 0.717) is 5.56 Å². The number of likely N-dealkylation sites (N-methyl/N-ethyl adjacent to an activating group) is 1. The first kappa shape index (κ1) is 34.3. The number of aliphatic hydroxyl groups excluding tert-OH is 1. The summed E-state index contributed by atoms with van der Waals surface area (Å²) in [4.78, 5) is 52.9. The summed E-state index contributed by atoms with van der Waals surface area (Å²) in [6, 6.07) is 14.1. The Morgan fingerprint density at radius 2 is 1.87 bits per heavy atom. The molecule has 1 fully saturated rings. The Hall–Kier alpha value is -4.53. The van der Waals surface area contributed by atoms with Crippen molar-refractivity contribution in [3.63, 3.8) is 0 Å². The average Bonchev–Trinajstić information content (AvgIpc) is 3.53. The van der Waals surface area contributed by atoms with Crippen molar-refractivity contribution in [2.45, 2.75) is 43.4 Å². The van der Waals surface area contributed by atoms with Crippen molar-refractivity contribution in [2.75, 3.05) is 33.6 Å². The molecule has 2 aromatic carbocycles. The summed E-state index contributed by atoms with van der Waals surface area (Å²) in [5.74, 6) is -2.92. The number of nitrogens with one attached hydrogen (secondary N) is 1. The molecule has 1 saturated heterocycles. The smallest absolute Gasteiger partial charge is 0.422 e. The van der Waals surface area contributed by atoms with Gasteiger partial charge in [0.25, 0.3) is 0 Å². The molecule has 14 heteroatoms. The standard InChI is InChI=1S/C32H33F3N2O9/c1-37(24(29(40)36-12-13-38)15-20-6-3-2-4-7-20)30(41)23-16-25-28(45-19-44-25)26(17-23)46-31(42)22-9-5-8-21(14-22)10-11-27(39)43-18-32(33,34)35/h2-11,14,16,24-26,28,38H,12-13,15,17-19H2,1H3,(H,36,40). The highest BCUT2D eigenvalue weighted by molar-refractivity contribution is 5.97. The zero-order valence-electron chi connectivity index (χ0n) is 24.8. The van der Waals surface area contributed by atoms with Crippen LogP contribution >= 0.6 is 0 Å². The van der Waals surface area contributed by atoms with E-state index in [1.807, 2.05) is 30.3 Å². The van der Waals surface area contributed by atoms with Crippen LogP contribution in [0.4, 0.5) is 13.2 Å². The summed E-state index contributed by atoms with van der Waals surface area (Å²) < 4.78 is 58.0. The van der Waals surface area contributed by atoms with Crippen LogP contribution in [0.25, 0.3) is 6.08 Å². The van der Waals surface area contributed by atoms with Gasteiger partial charge in [-0.1, -0.05) is 42.5 Å². The molecule has 2 aromatic rings. The van der Waals surface area contributed by atoms with E-state index in [-0.39, 0.29) is 43.9 Å². The van der Waals surface area contributed by atoms with Crippen LogP contribution in [0.2, 0.25) is 0 Å². The Bertz CT molecular complexity index is 1460. The maximum Gasteiger partial charge on any atom is 0.422 e. The zero-order valence-corrected chi connectivity index (χ0v) is 24.8. The summed E-state index contributed by atoms with van der Waals surface area (Å²) in [6.07, 6.45) is -3.25. The van der Waals surface area contributed by atoms with Crippen LogP contribution in [-0.2, 0) is 39.8 Å². The van der Waals surface area contributed by atoms with Crippen LogP contribution in [0, 0.1) is 0 Å². The lowest BCUT2D eigenvalue weighted by atomic mass is 9.90. The third kappa shape index (κ3) is 9.49. The minimum absolute atomic E-state index is 0.0148. The van der Waals surface area contributed by atoms with Crippen LogP contribution in [-0.4, -0.2) is 97.9 Å². The van der Waals surface area contributed by atoms with Crippen molar-refractivity contribution in [1.82, 2.24) is 10.2 Å². The molecule has 1 aliphatic heterocycles. The van der Waals surface area contributed by atoms with E-state index in [1.54, 1.807) is 6.08 Å². The second kappa shape index (κ2) is 15.7. The molecule has 0 aromatic heterocycles. The Balaban J connectivity index is 1.46. The van der Waals surface area contributed by atoms with E-state index in [4.69, 9.17) is 14.2 Å². The molecule has 0 bridgehead atoms. The number of aliphatic hydroxyl groups is 1. The van der Waals surface area contributed by atoms with E-state index in [2.05, 4.69) is 10.1 Å². The number of carbonyl (C=O) groups is 4. The van der Waals surface area contributed by atoms with Gasteiger partial charge in [0, 0.05) is 38.1 Å². The fraction of sp³-hybridized carbons (Fsp3) is 0.375. The van der Waals surface area contributed by atoms with Gasteiger partial charge in [-0.05, 0) is 35.4 Å². The number of amides is 2. The lowest BCUT2D eigenvalue weighted by Gasteiger charge is -2.33. The molecule has 4 rings (SSSR count). The fourth-order valence-electron chi connectivity index (χ4n) is 4.96. The Morgan fingerprint density at radius 1 is 1.11 bits per heavy atom. The maximum absolute atomic E-state index is 13.8. The highest BCUT2D eigenvalue weighted by Crippen LogP contribution is 2.32. The SMILES string of the molecule is CN(C(=O)C1=CC2OCOC2C(OC(=O)c2cccc(C=CC(=O)OCC(F)(F)F)c2)C1)C(Cc1ccccc1)C(=O)NCCO. The Labute approximate surface area is 262 Å². The summed E-state index contributed by atoms with van der Waals surface area (Å²) in [6.45, 7) is -2.08. The van der Waals surface area contributed by atoms with Gasteiger partial charge in [0.15, 0.2) is 6.61 Å². The number of rotatable bonds is 12. The van der Waals surface area contributed by atoms with Crippen LogP contribution in [0.3, 0.4) is 0 Å². The lowest BCUT2D eigenvalue weighted by Crippen LogP contribution is -2.51. The molecule has 2 aliphatic rings. The van der Waals surface area contributed by atoms with E-state index in [0.717, 1.165) is 11.6 Å². The van der Waals surface area contributed by atoms with E-state index in [1.165, 1.54) is 42.3 Å². The molecular weight excluding hydrogens is 613 g/mol. The van der Waals surface area contributed by atoms with Crippen molar-refractivity contribution in [3.8, 4) is 0 Å². The highest BCUT2D eigenvalue weighted by atomic mass is 19.4. The van der Waals surface area contributed by atoms with Gasteiger partial charge in [-0.2, -0.15) is 13.2 Å². The van der Waals surface area contributed by atoms with Gasteiger partial charge in [-0.25, -0.2) is 9.59 Å². The minimum atomic E-state index is -4.66. The molecule has 0 saturated carbocycles. The fourth-order valence-corrected chi connectivity index (χ4v) is 4.96. The second-order valence-corrected chi connectivity index (χ2v) is 10.5. The largest absolute Gasteiger partial charge is 0.456 e. The van der Waals surface area contributed by atoms with Gasteiger partial charge in [0.1, 0.15) is 31.1 Å². The summed E-state index contributed by atoms with van der Waals surface area (Å²) >= 11 is 0. The number of benzene rings is 2. The van der Waals surface area contributed by atoms with E-state index < -0.39 is 60.9 Å². The number of ether oxygens (including phenoxy) is 4. The quantitative estimate of drug-likeness (QED) is 0.263. The monoisotopic (exact) mass is 646 g/mol. The van der Waals surface area contributed by atoms with Gasteiger partial charge >= 0.3 is 18.1 Å². The van der Waals surface area contributed by atoms with Gasteiger partial charge in [-0.15, -0.1) is 0 Å². The number of hydrogen-bond acceptors (Lipinski definition) is 9. The van der Waals surface area contributed by atoms with Crippen molar-refractivity contribution in [1.29, 1.82) is 0 Å². The third-order valence-electron chi connectivity index (χ3n) is 7.22. The number of nitrogens with zero attached hydrogens (tertiary/aromatic N) is 1. The number of halogens is 3. The number of alkyl halides is 3. The van der Waals surface area contributed by atoms with Gasteiger partial charge < -0.3 is 34.3 Å². The molecule has 1 heterocycles. The molecule has 0 spiro atoms. The molecule has 4 atom stereocenters. The Morgan fingerprint density at radius 3 is 2.59 bits per heavy atom. The summed E-state index contributed by atoms with van der Waals surface area (Å²) in [5, 5.41) is 11.8. The van der Waals surface area contributed by atoms with Crippen LogP contribution < -0.4 is 5.32 Å². The molecule has 1 aliphatic carbocycles. The van der Waals surface area contributed by atoms with Gasteiger partial charge in [0.05, 0.1) is 12.2 Å². The maximum atomic E-state index is 13.8. The molecule has 4 unspecified atom stereocenters. The minimum Gasteiger partial charge on any atom is -0.456 e. The van der Waals surface area contributed by atoms with Gasteiger partial charge in [-0.3, -0.25) is 9.59 Å². The highest BCUT2D eigenvalue weighted by Gasteiger charge is 2.43. The summed E-state index contributed by atoms with van der Waals surface area (Å²) in [5.41, 5.74) is 1.46. The summed E-state index contributed by atoms with van der Waals surface area (Å²) in [7, 11) is 1.49. The average molecular weight is 647 g/mol. The normalized spacial score (nSPS) is 19.9. The molecule has 46 heavy (non-hydrogen) atoms. The van der Waals surface area contributed by atoms with Crippen molar-refractivity contribution in [3.05, 3.63) is 89.0 Å². The van der Waals surface area contributed by atoms with Gasteiger partial charge in [0.2, 0.25) is 11.8 Å². The predicted octanol–water partition coefficient (Wildman–Crippen LogP) is 2.58. The van der Waals surface area contributed by atoms with Crippen molar-refractivity contribution in [2.24, 2.45) is 0 Å². The molecule has 2 N–H and O–H groups in total. The first-order chi connectivity index (χ1) is 21.9. The molecular formula is C32H33F3N2O9.